The molecular weight excluding hydrogens is 227 g/mol. The number of nitrogens with zero attached hydrogens (tertiary/aromatic N) is 2. The molecule has 1 aromatic rings. The molecule has 0 spiro atoms. The number of halogens is 3. The third-order valence-electron chi connectivity index (χ3n) is 2.35. The van der Waals surface area contributed by atoms with Crippen LogP contribution in [0, 0.1) is 0 Å². The highest BCUT2D eigenvalue weighted by Gasteiger charge is 2.41. The van der Waals surface area contributed by atoms with Gasteiger partial charge in [-0.1, -0.05) is 0 Å². The Hall–Kier alpha value is -1.73. The molecule has 1 atom stereocenters. The summed E-state index contributed by atoms with van der Waals surface area (Å²) in [4.78, 5) is 14.1. The Balaban J connectivity index is 2.24. The number of aryl methyl sites for hydroxylation is 1. The molecular formula is C8H8F3N3O2. The van der Waals surface area contributed by atoms with Crippen molar-refractivity contribution in [2.24, 2.45) is 0 Å². The molecule has 2 rings (SSSR count). The van der Waals surface area contributed by atoms with Crippen LogP contribution in [0.15, 0.2) is 6.20 Å². The summed E-state index contributed by atoms with van der Waals surface area (Å²) in [5.41, 5.74) is -0.259. The van der Waals surface area contributed by atoms with Crippen LogP contribution in [0.25, 0.3) is 0 Å². The van der Waals surface area contributed by atoms with Gasteiger partial charge in [-0.05, 0) is 6.42 Å². The van der Waals surface area contributed by atoms with Crippen LogP contribution in [0.5, 0.6) is 0 Å². The number of aromatic nitrogens is 2. The summed E-state index contributed by atoms with van der Waals surface area (Å²) in [5, 5.41) is 10.8. The van der Waals surface area contributed by atoms with Crippen LogP contribution in [0.3, 0.4) is 0 Å². The smallest absolute Gasteiger partial charge is 0.408 e. The molecule has 0 saturated heterocycles. The Morgan fingerprint density at radius 1 is 1.62 bits per heavy atom. The fourth-order valence-corrected chi connectivity index (χ4v) is 1.55. The van der Waals surface area contributed by atoms with E-state index in [1.54, 1.807) is 0 Å². The number of alkyl halides is 3. The monoisotopic (exact) mass is 235 g/mol. The maximum atomic E-state index is 12.4. The van der Waals surface area contributed by atoms with E-state index in [0.29, 0.717) is 0 Å². The normalized spacial score (nSPS) is 20.1. The number of hydrogen-bond acceptors (Lipinski definition) is 3. The Labute approximate surface area is 87.9 Å². The number of imidazole rings is 1. The molecule has 1 aromatic heterocycles. The first kappa shape index (κ1) is 10.8. The predicted octanol–water partition coefficient (Wildman–Crippen LogP) is 1.33. The van der Waals surface area contributed by atoms with E-state index in [1.165, 1.54) is 10.8 Å². The molecule has 1 unspecified atom stereocenters. The lowest BCUT2D eigenvalue weighted by Gasteiger charge is -2.26. The zero-order valence-corrected chi connectivity index (χ0v) is 7.95. The topological polar surface area (TPSA) is 67.1 Å². The van der Waals surface area contributed by atoms with Crippen LogP contribution in [-0.2, 0) is 6.54 Å². The molecule has 8 heteroatoms. The zero-order valence-electron chi connectivity index (χ0n) is 7.95. The van der Waals surface area contributed by atoms with Gasteiger partial charge in [-0.15, -0.1) is 0 Å². The summed E-state index contributed by atoms with van der Waals surface area (Å²) in [6.07, 6.45) is -3.26. The van der Waals surface area contributed by atoms with Gasteiger partial charge in [-0.2, -0.15) is 13.2 Å². The van der Waals surface area contributed by atoms with E-state index in [1.807, 2.05) is 0 Å². The second-order valence-corrected chi connectivity index (χ2v) is 3.48. The summed E-state index contributed by atoms with van der Waals surface area (Å²) >= 11 is 0. The van der Waals surface area contributed by atoms with Gasteiger partial charge in [0.2, 0.25) is 5.95 Å². The highest BCUT2D eigenvalue weighted by molar-refractivity contribution is 5.85. The number of carboxylic acid groups (broad SMARTS) is 1. The number of carbonyl (C=O) groups is 1. The summed E-state index contributed by atoms with van der Waals surface area (Å²) in [6, 6.07) is -1.66. The van der Waals surface area contributed by atoms with Gasteiger partial charge in [0.15, 0.2) is 5.69 Å². The lowest BCUT2D eigenvalue weighted by Crippen LogP contribution is -2.40. The van der Waals surface area contributed by atoms with E-state index in [0.717, 1.165) is 0 Å². The summed E-state index contributed by atoms with van der Waals surface area (Å²) in [5.74, 6) is -1.31. The molecule has 16 heavy (non-hydrogen) atoms. The molecule has 0 aromatic carbocycles. The summed E-state index contributed by atoms with van der Waals surface area (Å²) < 4.78 is 38.5. The van der Waals surface area contributed by atoms with E-state index in [-0.39, 0.29) is 24.6 Å². The lowest BCUT2D eigenvalue weighted by atomic mass is 10.2. The number of rotatable bonds is 1. The average molecular weight is 235 g/mol. The van der Waals surface area contributed by atoms with Crippen molar-refractivity contribution in [2.75, 3.05) is 5.32 Å². The third kappa shape index (κ3) is 1.82. The van der Waals surface area contributed by atoms with E-state index >= 15 is 0 Å². The maximum Gasteiger partial charge on any atom is 0.408 e. The number of aromatic carboxylic acids is 1. The van der Waals surface area contributed by atoms with Crippen LogP contribution in [0.4, 0.5) is 19.1 Å². The minimum absolute atomic E-state index is 0.0500. The summed E-state index contributed by atoms with van der Waals surface area (Å²) in [7, 11) is 0. The number of fused-ring (bicyclic) bond motifs is 1. The van der Waals surface area contributed by atoms with E-state index in [9.17, 15) is 18.0 Å². The zero-order chi connectivity index (χ0) is 11.9. The second kappa shape index (κ2) is 3.39. The number of carboxylic acids is 1. The first-order chi connectivity index (χ1) is 7.38. The molecule has 0 aliphatic carbocycles. The van der Waals surface area contributed by atoms with Crippen molar-refractivity contribution in [1.82, 2.24) is 9.55 Å². The Morgan fingerprint density at radius 3 is 2.88 bits per heavy atom. The molecule has 0 radical (unpaired) electrons. The van der Waals surface area contributed by atoms with Crippen molar-refractivity contribution in [3.63, 3.8) is 0 Å². The van der Waals surface area contributed by atoms with E-state index < -0.39 is 18.2 Å². The van der Waals surface area contributed by atoms with Crippen molar-refractivity contribution < 1.29 is 23.1 Å². The van der Waals surface area contributed by atoms with E-state index in [2.05, 4.69) is 10.3 Å². The molecule has 0 amide bonds. The van der Waals surface area contributed by atoms with Crippen molar-refractivity contribution >= 4 is 11.9 Å². The Kier molecular flexibility index (Phi) is 2.28. The van der Waals surface area contributed by atoms with Crippen molar-refractivity contribution in [3.8, 4) is 0 Å². The van der Waals surface area contributed by atoms with E-state index in [4.69, 9.17) is 5.11 Å². The molecule has 88 valence electrons. The largest absolute Gasteiger partial charge is 0.476 e. The number of hydrogen-bond donors (Lipinski definition) is 2. The van der Waals surface area contributed by atoms with Gasteiger partial charge >= 0.3 is 12.1 Å². The highest BCUT2D eigenvalue weighted by atomic mass is 19.4. The SMILES string of the molecule is O=C(O)c1cn2c(n1)NC(C(F)(F)F)CC2. The number of nitrogens with one attached hydrogen (secondary N) is 1. The van der Waals surface area contributed by atoms with Crippen molar-refractivity contribution in [3.05, 3.63) is 11.9 Å². The molecule has 0 saturated carbocycles. The molecule has 0 bridgehead atoms. The molecule has 2 N–H and O–H groups in total. The molecule has 1 aliphatic heterocycles. The average Bonchev–Trinajstić information content (AvgIpc) is 2.58. The second-order valence-electron chi connectivity index (χ2n) is 3.48. The van der Waals surface area contributed by atoms with Gasteiger partial charge < -0.3 is 15.0 Å². The first-order valence-electron chi connectivity index (χ1n) is 4.51. The van der Waals surface area contributed by atoms with Gasteiger partial charge in [0.1, 0.15) is 6.04 Å². The van der Waals surface area contributed by atoms with Gasteiger partial charge in [0.25, 0.3) is 0 Å². The molecule has 0 fully saturated rings. The lowest BCUT2D eigenvalue weighted by molar-refractivity contribution is -0.145. The van der Waals surface area contributed by atoms with Crippen LogP contribution >= 0.6 is 0 Å². The minimum atomic E-state index is -4.35. The Bertz CT molecular complexity index is 427. The Morgan fingerprint density at radius 2 is 2.31 bits per heavy atom. The van der Waals surface area contributed by atoms with Crippen LogP contribution in [0.2, 0.25) is 0 Å². The van der Waals surface area contributed by atoms with Crippen LogP contribution < -0.4 is 5.32 Å². The fourth-order valence-electron chi connectivity index (χ4n) is 1.55. The number of anilines is 1. The van der Waals surface area contributed by atoms with Crippen molar-refractivity contribution in [2.45, 2.75) is 25.2 Å². The minimum Gasteiger partial charge on any atom is -0.476 e. The molecule has 2 heterocycles. The molecule has 5 nitrogen and oxygen atoms in total. The third-order valence-corrected chi connectivity index (χ3v) is 2.35. The van der Waals surface area contributed by atoms with Gasteiger partial charge in [-0.3, -0.25) is 0 Å². The highest BCUT2D eigenvalue weighted by Crippen LogP contribution is 2.29. The van der Waals surface area contributed by atoms with Gasteiger partial charge in [0, 0.05) is 12.7 Å². The van der Waals surface area contributed by atoms with Crippen molar-refractivity contribution in [1.29, 1.82) is 0 Å². The predicted molar refractivity (Wildman–Crippen MR) is 47.3 cm³/mol. The quantitative estimate of drug-likeness (QED) is 0.770. The van der Waals surface area contributed by atoms with Gasteiger partial charge in [0.05, 0.1) is 0 Å². The fraction of sp³-hybridized carbons (Fsp3) is 0.500. The molecule has 1 aliphatic rings. The standard InChI is InChI=1S/C8H8F3N3O2/c9-8(10,11)5-1-2-14-3-4(6(15)16)12-7(14)13-5/h3,5H,1-2H2,(H,12,13)(H,15,16). The van der Waals surface area contributed by atoms with Crippen LogP contribution in [-0.4, -0.2) is 32.8 Å². The summed E-state index contributed by atoms with van der Waals surface area (Å²) in [6.45, 7) is 0.104. The van der Waals surface area contributed by atoms with Gasteiger partial charge in [-0.25, -0.2) is 9.78 Å². The maximum absolute atomic E-state index is 12.4. The first-order valence-corrected chi connectivity index (χ1v) is 4.51. The van der Waals surface area contributed by atoms with Crippen LogP contribution in [0.1, 0.15) is 16.9 Å².